The van der Waals surface area contributed by atoms with E-state index in [0.717, 1.165) is 11.1 Å². The standard InChI is InChI=1S/2C10H17Si.Ni/c2*1-3-9(4-2)11-10-7-5-6-8-10;/h2*5,7,9H,3-4,6,11H2,1-2H3;. The molecule has 0 aliphatic heterocycles. The molecule has 0 saturated carbocycles. The van der Waals surface area contributed by atoms with Gasteiger partial charge in [-0.05, 0) is 0 Å². The van der Waals surface area contributed by atoms with Gasteiger partial charge in [0.15, 0.2) is 0 Å². The zero-order chi connectivity index (χ0) is 16.7. The van der Waals surface area contributed by atoms with Gasteiger partial charge in [0.25, 0.3) is 0 Å². The monoisotopic (exact) mass is 388 g/mol. The average molecular weight is 389 g/mol. The SMILES string of the molecule is CCC(CC)[SiH2]C1=[C]([Ni][C]2=C([SiH2]C(CC)CC)C=CC2)CC=C1. The van der Waals surface area contributed by atoms with E-state index in [1.165, 1.54) is 38.5 Å². The summed E-state index contributed by atoms with van der Waals surface area (Å²) >= 11 is 1.94. The van der Waals surface area contributed by atoms with Gasteiger partial charge in [0, 0.05) is 0 Å². The molecule has 0 bridgehead atoms. The van der Waals surface area contributed by atoms with Gasteiger partial charge < -0.3 is 0 Å². The molecular weight excluding hydrogens is 355 g/mol. The minimum absolute atomic E-state index is 0.0857. The van der Waals surface area contributed by atoms with E-state index in [-0.39, 0.29) is 19.0 Å². The van der Waals surface area contributed by atoms with Gasteiger partial charge in [-0.2, -0.15) is 0 Å². The Bertz CT molecular complexity index is 460. The third kappa shape index (κ3) is 5.44. The third-order valence-electron chi connectivity index (χ3n) is 5.38. The van der Waals surface area contributed by atoms with Gasteiger partial charge in [0.05, 0.1) is 0 Å². The van der Waals surface area contributed by atoms with Crippen LogP contribution in [0.25, 0.3) is 0 Å². The zero-order valence-corrected chi connectivity index (χ0v) is 19.3. The molecule has 132 valence electrons. The van der Waals surface area contributed by atoms with Gasteiger partial charge in [0.1, 0.15) is 0 Å². The van der Waals surface area contributed by atoms with Crippen LogP contribution in [-0.4, -0.2) is 19.0 Å². The van der Waals surface area contributed by atoms with Gasteiger partial charge in [-0.3, -0.25) is 0 Å². The van der Waals surface area contributed by atoms with Gasteiger partial charge in [-0.15, -0.1) is 0 Å². The van der Waals surface area contributed by atoms with Crippen molar-refractivity contribution in [2.45, 2.75) is 77.3 Å². The molecule has 0 nitrogen and oxygen atoms in total. The van der Waals surface area contributed by atoms with E-state index in [4.69, 9.17) is 0 Å². The van der Waals surface area contributed by atoms with Crippen LogP contribution < -0.4 is 0 Å². The minimum atomic E-state index is -0.0857. The fraction of sp³-hybridized carbons (Fsp3) is 0.600. The fourth-order valence-electron chi connectivity index (χ4n) is 3.43. The Morgan fingerprint density at radius 3 is 1.52 bits per heavy atom. The van der Waals surface area contributed by atoms with Crippen molar-refractivity contribution in [3.8, 4) is 0 Å². The Kier molecular flexibility index (Phi) is 8.36. The first-order valence-corrected chi connectivity index (χ1v) is 13.6. The molecule has 0 atom stereocenters. The first-order valence-electron chi connectivity index (χ1n) is 9.57. The average Bonchev–Trinajstić information content (AvgIpc) is 3.20. The Morgan fingerprint density at radius 2 is 1.17 bits per heavy atom. The van der Waals surface area contributed by atoms with Gasteiger partial charge in [-0.1, -0.05) is 0 Å². The first kappa shape index (κ1) is 19.2. The summed E-state index contributed by atoms with van der Waals surface area (Å²) in [7, 11) is -0.171. The number of rotatable bonds is 10. The number of allylic oxidation sites excluding steroid dienone is 8. The molecule has 0 spiro atoms. The molecule has 3 heteroatoms. The second-order valence-electron chi connectivity index (χ2n) is 6.85. The molecule has 0 aromatic heterocycles. The van der Waals surface area contributed by atoms with Crippen LogP contribution in [0.3, 0.4) is 0 Å². The van der Waals surface area contributed by atoms with Crippen molar-refractivity contribution >= 4 is 19.0 Å². The van der Waals surface area contributed by atoms with E-state index < -0.39 is 0 Å². The second-order valence-corrected chi connectivity index (χ2v) is 12.9. The number of hydrogen-bond acceptors (Lipinski definition) is 0. The molecule has 2 rings (SSSR count). The second kappa shape index (κ2) is 10.0. The van der Waals surface area contributed by atoms with E-state index in [1.54, 1.807) is 19.5 Å². The molecule has 0 aromatic carbocycles. The van der Waals surface area contributed by atoms with E-state index >= 15 is 0 Å². The molecule has 0 unspecified atom stereocenters. The van der Waals surface area contributed by atoms with Crippen LogP contribution in [0.4, 0.5) is 0 Å². The van der Waals surface area contributed by atoms with Crippen LogP contribution in [0.1, 0.15) is 66.2 Å². The van der Waals surface area contributed by atoms with Crippen molar-refractivity contribution in [2.24, 2.45) is 0 Å². The molecule has 2 aliphatic rings. The maximum atomic E-state index is 2.47. The Morgan fingerprint density at radius 1 is 0.783 bits per heavy atom. The van der Waals surface area contributed by atoms with E-state index in [9.17, 15) is 0 Å². The van der Waals surface area contributed by atoms with Crippen LogP contribution in [0.15, 0.2) is 43.8 Å². The molecule has 2 aliphatic carbocycles. The zero-order valence-electron chi connectivity index (χ0n) is 15.4. The van der Waals surface area contributed by atoms with Crippen LogP contribution in [0.5, 0.6) is 0 Å². The van der Waals surface area contributed by atoms with Crippen LogP contribution >= 0.6 is 0 Å². The summed E-state index contributed by atoms with van der Waals surface area (Å²) < 4.78 is 3.46. The normalized spacial score (nSPS) is 18.9. The molecule has 0 N–H and O–H groups in total. The molecule has 0 fully saturated rings. The molecule has 0 radical (unpaired) electrons. The summed E-state index contributed by atoms with van der Waals surface area (Å²) in [6.07, 6.45) is 17.7. The summed E-state index contributed by atoms with van der Waals surface area (Å²) in [4.78, 5) is 0. The third-order valence-corrected chi connectivity index (χ3v) is 13.3. The Balaban J connectivity index is 2.07. The summed E-state index contributed by atoms with van der Waals surface area (Å²) in [5.74, 6) is 0. The van der Waals surface area contributed by atoms with Gasteiger partial charge >= 0.3 is 155 Å². The number of hydrogen-bond donors (Lipinski definition) is 0. The van der Waals surface area contributed by atoms with Crippen molar-refractivity contribution < 1.29 is 14.4 Å². The quantitative estimate of drug-likeness (QED) is 0.463. The topological polar surface area (TPSA) is 0 Å². The summed E-state index contributed by atoms with van der Waals surface area (Å²) in [5.41, 5.74) is 2.00. The van der Waals surface area contributed by atoms with E-state index in [0.29, 0.717) is 0 Å². The van der Waals surface area contributed by atoms with E-state index in [1.807, 2.05) is 14.4 Å². The van der Waals surface area contributed by atoms with Crippen molar-refractivity contribution in [1.82, 2.24) is 0 Å². The molecule has 0 heterocycles. The first-order chi connectivity index (χ1) is 11.2. The Hall–Kier alpha value is -0.113. The predicted octanol–water partition coefficient (Wildman–Crippen LogP) is 4.97. The molecule has 0 amide bonds. The summed E-state index contributed by atoms with van der Waals surface area (Å²) in [6, 6.07) is 0. The van der Waals surface area contributed by atoms with Crippen molar-refractivity contribution in [3.05, 3.63) is 43.8 Å². The van der Waals surface area contributed by atoms with Crippen LogP contribution in [0.2, 0.25) is 11.1 Å². The Labute approximate surface area is 154 Å². The fourth-order valence-corrected chi connectivity index (χ4v) is 9.48. The van der Waals surface area contributed by atoms with Crippen LogP contribution in [-0.2, 0) is 14.4 Å². The molecule has 23 heavy (non-hydrogen) atoms. The van der Waals surface area contributed by atoms with Crippen molar-refractivity contribution in [2.75, 3.05) is 0 Å². The van der Waals surface area contributed by atoms with E-state index in [2.05, 4.69) is 52.0 Å². The molecular formula is C20H34NiSi2. The van der Waals surface area contributed by atoms with Gasteiger partial charge in [-0.25, -0.2) is 0 Å². The maximum absolute atomic E-state index is 2.47. The molecule has 0 aromatic rings. The van der Waals surface area contributed by atoms with Crippen molar-refractivity contribution in [3.63, 3.8) is 0 Å². The summed E-state index contributed by atoms with van der Waals surface area (Å²) in [6.45, 7) is 9.49. The predicted molar refractivity (Wildman–Crippen MR) is 107 cm³/mol. The van der Waals surface area contributed by atoms with Crippen LogP contribution in [0, 0.1) is 0 Å². The van der Waals surface area contributed by atoms with Crippen molar-refractivity contribution in [1.29, 1.82) is 0 Å². The summed E-state index contributed by atoms with van der Waals surface area (Å²) in [5, 5.41) is 3.56. The molecule has 0 saturated heterocycles. The van der Waals surface area contributed by atoms with Gasteiger partial charge in [0.2, 0.25) is 0 Å².